The first-order valence-electron chi connectivity index (χ1n) is 8.99. The van der Waals surface area contributed by atoms with Crippen LogP contribution < -0.4 is 10.6 Å². The summed E-state index contributed by atoms with van der Waals surface area (Å²) in [6.45, 7) is 5.87. The average Bonchev–Trinajstić information content (AvgIpc) is 3.22. The molecule has 28 heavy (non-hydrogen) atoms. The smallest absolute Gasteiger partial charge is 0.289 e. The molecule has 0 unspecified atom stereocenters. The molecule has 2 aromatic heterocycles. The summed E-state index contributed by atoms with van der Waals surface area (Å²) < 4.78 is 1.72. The van der Waals surface area contributed by atoms with Crippen molar-refractivity contribution < 1.29 is 9.59 Å². The van der Waals surface area contributed by atoms with Crippen LogP contribution in [0.15, 0.2) is 42.7 Å². The van der Waals surface area contributed by atoms with Crippen LogP contribution in [0.1, 0.15) is 35.5 Å². The zero-order valence-electron chi connectivity index (χ0n) is 15.9. The number of aromatic amines is 1. The van der Waals surface area contributed by atoms with Crippen molar-refractivity contribution in [2.75, 3.05) is 5.32 Å². The van der Waals surface area contributed by atoms with Gasteiger partial charge in [-0.25, -0.2) is 0 Å². The number of aromatic nitrogens is 5. The first-order chi connectivity index (χ1) is 13.5. The van der Waals surface area contributed by atoms with Gasteiger partial charge in [-0.1, -0.05) is 30.9 Å². The van der Waals surface area contributed by atoms with Crippen LogP contribution in [0.5, 0.6) is 0 Å². The van der Waals surface area contributed by atoms with Gasteiger partial charge in [-0.15, -0.1) is 10.2 Å². The fourth-order valence-corrected chi connectivity index (χ4v) is 2.92. The van der Waals surface area contributed by atoms with Crippen LogP contribution in [0.4, 0.5) is 5.69 Å². The molecule has 0 radical (unpaired) electrons. The minimum Gasteiger partial charge on any atom is -0.337 e. The number of fused-ring (bicyclic) bond motifs is 1. The van der Waals surface area contributed by atoms with Gasteiger partial charge < -0.3 is 15.6 Å². The molecular formula is C19H23N7O2. The molecule has 0 aromatic carbocycles. The SMILES string of the molecule is C=C(/C=C\C=C/C)Cc1nnc(C(=O)N[C@H]2CCc3c(cnn3C)NC2=O)[nH]1. The van der Waals surface area contributed by atoms with Crippen molar-refractivity contribution in [1.82, 2.24) is 30.3 Å². The second kappa shape index (κ2) is 8.47. The van der Waals surface area contributed by atoms with Gasteiger partial charge >= 0.3 is 0 Å². The van der Waals surface area contributed by atoms with Gasteiger partial charge in [0.15, 0.2) is 0 Å². The number of anilines is 1. The summed E-state index contributed by atoms with van der Waals surface area (Å²) in [5.41, 5.74) is 2.43. The monoisotopic (exact) mass is 381 g/mol. The van der Waals surface area contributed by atoms with Crippen LogP contribution in [-0.2, 0) is 24.7 Å². The van der Waals surface area contributed by atoms with Gasteiger partial charge in [-0.2, -0.15) is 5.10 Å². The van der Waals surface area contributed by atoms with Crippen molar-refractivity contribution in [1.29, 1.82) is 0 Å². The molecule has 0 saturated carbocycles. The third-order valence-corrected chi connectivity index (χ3v) is 4.39. The molecule has 0 fully saturated rings. The molecule has 0 spiro atoms. The van der Waals surface area contributed by atoms with E-state index in [2.05, 4.69) is 37.5 Å². The predicted octanol–water partition coefficient (Wildman–Crippen LogP) is 1.45. The third kappa shape index (κ3) is 4.43. The number of hydrogen-bond donors (Lipinski definition) is 3. The van der Waals surface area contributed by atoms with Gasteiger partial charge in [0.2, 0.25) is 11.7 Å². The normalized spacial score (nSPS) is 16.8. The van der Waals surface area contributed by atoms with Crippen molar-refractivity contribution in [2.45, 2.75) is 32.2 Å². The Balaban J connectivity index is 1.60. The molecule has 146 valence electrons. The van der Waals surface area contributed by atoms with E-state index < -0.39 is 11.9 Å². The van der Waals surface area contributed by atoms with E-state index in [0.29, 0.717) is 30.8 Å². The van der Waals surface area contributed by atoms with E-state index in [1.807, 2.05) is 38.3 Å². The molecule has 0 saturated heterocycles. The van der Waals surface area contributed by atoms with Gasteiger partial charge in [0.1, 0.15) is 11.9 Å². The van der Waals surface area contributed by atoms with E-state index in [4.69, 9.17) is 0 Å². The Morgan fingerprint density at radius 1 is 1.43 bits per heavy atom. The van der Waals surface area contributed by atoms with E-state index in [1.165, 1.54) is 0 Å². The Morgan fingerprint density at radius 3 is 3.04 bits per heavy atom. The van der Waals surface area contributed by atoms with Crippen LogP contribution in [0.2, 0.25) is 0 Å². The second-order valence-corrected chi connectivity index (χ2v) is 6.52. The van der Waals surface area contributed by atoms with Gasteiger partial charge in [0, 0.05) is 13.5 Å². The summed E-state index contributed by atoms with van der Waals surface area (Å²) in [7, 11) is 1.82. The minimum atomic E-state index is -0.660. The maximum Gasteiger partial charge on any atom is 0.289 e. The first kappa shape index (κ1) is 19.3. The average molecular weight is 381 g/mol. The number of allylic oxidation sites excluding steroid dienone is 5. The molecule has 2 amide bonds. The quantitative estimate of drug-likeness (QED) is 0.655. The number of carbonyl (C=O) groups is 2. The highest BCUT2D eigenvalue weighted by Crippen LogP contribution is 2.21. The van der Waals surface area contributed by atoms with Crippen molar-refractivity contribution in [2.24, 2.45) is 7.05 Å². The zero-order chi connectivity index (χ0) is 20.1. The van der Waals surface area contributed by atoms with Crippen LogP contribution in [0.25, 0.3) is 0 Å². The molecule has 9 heteroatoms. The van der Waals surface area contributed by atoms with Gasteiger partial charge in [0.25, 0.3) is 5.91 Å². The Bertz CT molecular complexity index is 951. The Morgan fingerprint density at radius 2 is 2.25 bits per heavy atom. The Labute approximate surface area is 162 Å². The molecule has 0 bridgehead atoms. The highest BCUT2D eigenvalue weighted by Gasteiger charge is 2.28. The van der Waals surface area contributed by atoms with Crippen molar-refractivity contribution in [3.63, 3.8) is 0 Å². The van der Waals surface area contributed by atoms with Crippen molar-refractivity contribution in [3.8, 4) is 0 Å². The third-order valence-electron chi connectivity index (χ3n) is 4.39. The molecule has 9 nitrogen and oxygen atoms in total. The van der Waals surface area contributed by atoms with Gasteiger partial charge in [0.05, 0.1) is 17.6 Å². The lowest BCUT2D eigenvalue weighted by Gasteiger charge is -2.14. The van der Waals surface area contributed by atoms with Crippen molar-refractivity contribution in [3.05, 3.63) is 60.0 Å². The van der Waals surface area contributed by atoms with E-state index >= 15 is 0 Å². The maximum atomic E-state index is 12.5. The molecular weight excluding hydrogens is 358 g/mol. The van der Waals surface area contributed by atoms with Crippen LogP contribution >= 0.6 is 0 Å². The summed E-state index contributed by atoms with van der Waals surface area (Å²) in [5, 5.41) is 17.5. The molecule has 3 rings (SSSR count). The summed E-state index contributed by atoms with van der Waals surface area (Å²) in [6.07, 6.45) is 10.7. The Kier molecular flexibility index (Phi) is 5.83. The largest absolute Gasteiger partial charge is 0.337 e. The van der Waals surface area contributed by atoms with E-state index in [1.54, 1.807) is 10.9 Å². The number of amides is 2. The highest BCUT2D eigenvalue weighted by molar-refractivity contribution is 6.00. The number of rotatable bonds is 6. The number of nitrogens with zero attached hydrogens (tertiary/aromatic N) is 4. The topological polar surface area (TPSA) is 118 Å². The summed E-state index contributed by atoms with van der Waals surface area (Å²) in [5.74, 6) is -0.152. The standard InChI is InChI=1S/C19H23N7O2/c1-4-5-6-7-12(2)10-16-23-17(25-24-16)19(28)21-13-8-9-15-14(22-18(13)27)11-20-26(15)3/h4-7,11,13H,2,8-10H2,1,3H3,(H,21,28)(H,22,27)(H,23,24,25)/b5-4-,7-6-/t13-/m0/s1. The Hall–Kier alpha value is -3.49. The summed E-state index contributed by atoms with van der Waals surface area (Å²) in [4.78, 5) is 27.7. The lowest BCUT2D eigenvalue weighted by molar-refractivity contribution is -0.118. The number of carbonyl (C=O) groups excluding carboxylic acids is 2. The number of hydrogen-bond acceptors (Lipinski definition) is 5. The molecule has 2 aromatic rings. The fraction of sp³-hybridized carbons (Fsp3) is 0.316. The minimum absolute atomic E-state index is 0.0662. The van der Waals surface area contributed by atoms with E-state index in [-0.39, 0.29) is 11.7 Å². The molecule has 3 N–H and O–H groups in total. The van der Waals surface area contributed by atoms with Crippen LogP contribution in [0.3, 0.4) is 0 Å². The van der Waals surface area contributed by atoms with Crippen molar-refractivity contribution >= 4 is 17.5 Å². The van der Waals surface area contributed by atoms with Crippen LogP contribution in [0, 0.1) is 0 Å². The van der Waals surface area contributed by atoms with Gasteiger partial charge in [-0.05, 0) is 25.3 Å². The maximum absolute atomic E-state index is 12.5. The van der Waals surface area contributed by atoms with E-state index in [0.717, 1.165) is 11.3 Å². The summed E-state index contributed by atoms with van der Waals surface area (Å²) >= 11 is 0. The number of aryl methyl sites for hydroxylation is 1. The first-order valence-corrected chi connectivity index (χ1v) is 8.99. The number of H-pyrrole nitrogens is 1. The molecule has 1 aliphatic heterocycles. The second-order valence-electron chi connectivity index (χ2n) is 6.52. The zero-order valence-corrected chi connectivity index (χ0v) is 15.9. The fourth-order valence-electron chi connectivity index (χ4n) is 2.92. The molecule has 3 heterocycles. The lowest BCUT2D eigenvalue weighted by Crippen LogP contribution is -2.43. The molecule has 1 aliphatic rings. The molecule has 0 aliphatic carbocycles. The number of nitrogens with one attached hydrogen (secondary N) is 3. The van der Waals surface area contributed by atoms with Gasteiger partial charge in [-0.3, -0.25) is 14.3 Å². The van der Waals surface area contributed by atoms with Crippen LogP contribution in [-0.4, -0.2) is 42.8 Å². The predicted molar refractivity (Wildman–Crippen MR) is 105 cm³/mol. The highest BCUT2D eigenvalue weighted by atomic mass is 16.2. The molecule has 1 atom stereocenters. The lowest BCUT2D eigenvalue weighted by atomic mass is 10.1. The van der Waals surface area contributed by atoms with E-state index in [9.17, 15) is 9.59 Å². The summed E-state index contributed by atoms with van der Waals surface area (Å²) in [6, 6.07) is -0.660.